The lowest BCUT2D eigenvalue weighted by molar-refractivity contribution is 0.108. The summed E-state index contributed by atoms with van der Waals surface area (Å²) in [6.07, 6.45) is 6.96. The van der Waals surface area contributed by atoms with Gasteiger partial charge in [-0.15, -0.1) is 0 Å². The van der Waals surface area contributed by atoms with Gasteiger partial charge < -0.3 is 5.11 Å². The highest BCUT2D eigenvalue weighted by atomic mass is 16.3. The molecule has 0 rings (SSSR count). The summed E-state index contributed by atoms with van der Waals surface area (Å²) >= 11 is 0. The van der Waals surface area contributed by atoms with Gasteiger partial charge in [0.05, 0.1) is 6.10 Å². The van der Waals surface area contributed by atoms with E-state index in [4.69, 9.17) is 0 Å². The van der Waals surface area contributed by atoms with Crippen LogP contribution in [0.4, 0.5) is 0 Å². The van der Waals surface area contributed by atoms with Crippen molar-refractivity contribution < 1.29 is 5.11 Å². The van der Waals surface area contributed by atoms with Gasteiger partial charge in [-0.05, 0) is 32.1 Å². The predicted molar refractivity (Wildman–Crippen MR) is 58.6 cm³/mol. The maximum Gasteiger partial charge on any atom is 0.0563 e. The molecule has 0 bridgehead atoms. The first-order valence-corrected chi connectivity index (χ1v) is 5.08. The fourth-order valence-electron chi connectivity index (χ4n) is 1.24. The molecule has 0 amide bonds. The normalized spacial score (nSPS) is 16.0. The second kappa shape index (κ2) is 6.90. The molecule has 0 spiro atoms. The van der Waals surface area contributed by atoms with Crippen molar-refractivity contribution in [3.63, 3.8) is 0 Å². The molecule has 1 nitrogen and oxygen atoms in total. The lowest BCUT2D eigenvalue weighted by atomic mass is 9.97. The minimum Gasteiger partial charge on any atom is -0.393 e. The summed E-state index contributed by atoms with van der Waals surface area (Å²) < 4.78 is 0. The van der Waals surface area contributed by atoms with E-state index in [2.05, 4.69) is 19.6 Å². The van der Waals surface area contributed by atoms with Crippen LogP contribution in [0, 0.1) is 5.92 Å². The van der Waals surface area contributed by atoms with E-state index >= 15 is 0 Å². The molecule has 0 saturated carbocycles. The largest absolute Gasteiger partial charge is 0.393 e. The number of aliphatic hydroxyl groups is 1. The average molecular weight is 182 g/mol. The van der Waals surface area contributed by atoms with E-state index in [0.717, 1.165) is 24.8 Å². The highest BCUT2D eigenvalue weighted by molar-refractivity contribution is 5.10. The summed E-state index contributed by atoms with van der Waals surface area (Å²) in [6, 6.07) is 0. The van der Waals surface area contributed by atoms with Gasteiger partial charge in [0, 0.05) is 0 Å². The maximum absolute atomic E-state index is 9.49. The van der Waals surface area contributed by atoms with Crippen molar-refractivity contribution in [1.29, 1.82) is 0 Å². The van der Waals surface area contributed by atoms with Crippen molar-refractivity contribution in [1.82, 2.24) is 0 Å². The molecular formula is C12H22O. The van der Waals surface area contributed by atoms with Gasteiger partial charge in [-0.1, -0.05) is 38.2 Å². The molecule has 0 fully saturated rings. The number of aliphatic hydroxyl groups excluding tert-OH is 1. The van der Waals surface area contributed by atoms with Gasteiger partial charge in [0.15, 0.2) is 0 Å². The summed E-state index contributed by atoms with van der Waals surface area (Å²) in [5.41, 5.74) is 1.09. The Morgan fingerprint density at radius 1 is 1.54 bits per heavy atom. The van der Waals surface area contributed by atoms with E-state index in [9.17, 15) is 5.11 Å². The Morgan fingerprint density at radius 3 is 2.62 bits per heavy atom. The van der Waals surface area contributed by atoms with Crippen LogP contribution in [0.3, 0.4) is 0 Å². The second-order valence-corrected chi connectivity index (χ2v) is 3.78. The molecule has 0 aliphatic carbocycles. The van der Waals surface area contributed by atoms with Gasteiger partial charge in [-0.3, -0.25) is 0 Å². The first-order chi connectivity index (χ1) is 6.07. The molecule has 1 N–H and O–H groups in total. The molecule has 2 atom stereocenters. The Morgan fingerprint density at radius 2 is 2.15 bits per heavy atom. The quantitative estimate of drug-likeness (QED) is 0.625. The Hall–Kier alpha value is -0.560. The summed E-state index contributed by atoms with van der Waals surface area (Å²) in [5.74, 6) is 0.403. The zero-order valence-electron chi connectivity index (χ0n) is 9.09. The second-order valence-electron chi connectivity index (χ2n) is 3.78. The fourth-order valence-corrected chi connectivity index (χ4v) is 1.24. The van der Waals surface area contributed by atoms with Crippen LogP contribution in [0.1, 0.15) is 40.0 Å². The van der Waals surface area contributed by atoms with Crippen molar-refractivity contribution in [2.75, 3.05) is 0 Å². The van der Waals surface area contributed by atoms with E-state index in [1.165, 1.54) is 0 Å². The molecule has 0 aromatic heterocycles. The Labute approximate surface area is 82.2 Å². The van der Waals surface area contributed by atoms with E-state index in [1.54, 1.807) is 0 Å². The van der Waals surface area contributed by atoms with Gasteiger partial charge in [0.2, 0.25) is 0 Å². The number of allylic oxidation sites excluding steroid dienone is 3. The minimum absolute atomic E-state index is 0.141. The minimum atomic E-state index is -0.141. The zero-order valence-corrected chi connectivity index (χ0v) is 9.09. The average Bonchev–Trinajstić information content (AvgIpc) is 2.10. The van der Waals surface area contributed by atoms with Gasteiger partial charge in [-0.2, -0.15) is 0 Å². The summed E-state index contributed by atoms with van der Waals surface area (Å²) in [6.45, 7) is 9.89. The Balaban J connectivity index is 3.58. The zero-order chi connectivity index (χ0) is 10.3. The van der Waals surface area contributed by atoms with Crippen LogP contribution in [0.15, 0.2) is 24.3 Å². The summed E-state index contributed by atoms with van der Waals surface area (Å²) in [7, 11) is 0. The molecule has 0 heterocycles. The number of hydrogen-bond acceptors (Lipinski definition) is 1. The van der Waals surface area contributed by atoms with Gasteiger partial charge in [-0.25, -0.2) is 0 Å². The highest BCUT2D eigenvalue weighted by Gasteiger charge is 2.09. The Bertz CT molecular complexity index is 170. The highest BCUT2D eigenvalue weighted by Crippen LogP contribution is 2.13. The Kier molecular flexibility index (Phi) is 6.61. The van der Waals surface area contributed by atoms with Crippen LogP contribution in [-0.2, 0) is 0 Å². The molecule has 0 aliphatic rings. The van der Waals surface area contributed by atoms with Crippen molar-refractivity contribution in [2.24, 2.45) is 5.92 Å². The predicted octanol–water partition coefficient (Wildman–Crippen LogP) is 3.31. The third kappa shape index (κ3) is 6.59. The van der Waals surface area contributed by atoms with Crippen LogP contribution in [0.2, 0.25) is 0 Å². The van der Waals surface area contributed by atoms with Gasteiger partial charge >= 0.3 is 0 Å². The molecule has 2 unspecified atom stereocenters. The molecule has 0 radical (unpaired) electrons. The van der Waals surface area contributed by atoms with Crippen LogP contribution >= 0.6 is 0 Å². The molecule has 0 saturated heterocycles. The smallest absolute Gasteiger partial charge is 0.0563 e. The van der Waals surface area contributed by atoms with Crippen LogP contribution in [-0.4, -0.2) is 11.2 Å². The van der Waals surface area contributed by atoms with Crippen molar-refractivity contribution in [2.45, 2.75) is 46.1 Å². The number of rotatable bonds is 6. The first kappa shape index (κ1) is 12.4. The molecule has 1 heteroatoms. The molecule has 76 valence electrons. The molecule has 0 aromatic rings. The molecule has 13 heavy (non-hydrogen) atoms. The summed E-state index contributed by atoms with van der Waals surface area (Å²) in [4.78, 5) is 0. The van der Waals surface area contributed by atoms with Crippen LogP contribution in [0.5, 0.6) is 0 Å². The maximum atomic E-state index is 9.49. The molecular weight excluding hydrogens is 160 g/mol. The SMILES string of the molecule is C=C(C)/C=C/CCC(C)C(O)CC. The monoisotopic (exact) mass is 182 g/mol. The van der Waals surface area contributed by atoms with E-state index in [1.807, 2.05) is 19.9 Å². The van der Waals surface area contributed by atoms with Crippen molar-refractivity contribution >= 4 is 0 Å². The molecule has 0 aromatic carbocycles. The van der Waals surface area contributed by atoms with Gasteiger partial charge in [0.25, 0.3) is 0 Å². The van der Waals surface area contributed by atoms with E-state index < -0.39 is 0 Å². The topological polar surface area (TPSA) is 20.2 Å². The third-order valence-corrected chi connectivity index (χ3v) is 2.27. The van der Waals surface area contributed by atoms with Crippen LogP contribution in [0.25, 0.3) is 0 Å². The van der Waals surface area contributed by atoms with Crippen LogP contribution < -0.4 is 0 Å². The number of hydrogen-bond donors (Lipinski definition) is 1. The first-order valence-electron chi connectivity index (χ1n) is 5.08. The van der Waals surface area contributed by atoms with Crippen molar-refractivity contribution in [3.05, 3.63) is 24.3 Å². The van der Waals surface area contributed by atoms with Crippen molar-refractivity contribution in [3.8, 4) is 0 Å². The van der Waals surface area contributed by atoms with Gasteiger partial charge in [0.1, 0.15) is 0 Å². The molecule has 0 aliphatic heterocycles. The third-order valence-electron chi connectivity index (χ3n) is 2.27. The lowest BCUT2D eigenvalue weighted by Crippen LogP contribution is -2.15. The standard InChI is InChI=1S/C12H22O/c1-5-12(13)11(4)9-7-6-8-10(2)3/h6,8,11-13H,2,5,7,9H2,1,3-4H3/b8-6+. The fraction of sp³-hybridized carbons (Fsp3) is 0.667. The lowest BCUT2D eigenvalue weighted by Gasteiger charge is -2.15. The van der Waals surface area contributed by atoms with E-state index in [0.29, 0.717) is 5.92 Å². The summed E-state index contributed by atoms with van der Waals surface area (Å²) in [5, 5.41) is 9.49. The van der Waals surface area contributed by atoms with E-state index in [-0.39, 0.29) is 6.10 Å².